The Kier molecular flexibility index (Phi) is 6.02. The van der Waals surface area contributed by atoms with Crippen LogP contribution >= 0.6 is 23.4 Å². The van der Waals surface area contributed by atoms with Crippen molar-refractivity contribution in [3.63, 3.8) is 0 Å². The molecule has 3 rings (SSSR count). The van der Waals surface area contributed by atoms with Crippen molar-refractivity contribution in [2.45, 2.75) is 23.6 Å². The molecule has 0 spiro atoms. The van der Waals surface area contributed by atoms with E-state index in [1.54, 1.807) is 30.3 Å². The summed E-state index contributed by atoms with van der Waals surface area (Å²) < 4.78 is 0. The highest BCUT2D eigenvalue weighted by Crippen LogP contribution is 2.41. The van der Waals surface area contributed by atoms with Crippen LogP contribution in [-0.2, 0) is 0 Å². The summed E-state index contributed by atoms with van der Waals surface area (Å²) in [4.78, 5) is 24.6. The van der Waals surface area contributed by atoms with Crippen molar-refractivity contribution in [2.24, 2.45) is 0 Å². The van der Waals surface area contributed by atoms with Crippen molar-refractivity contribution in [1.82, 2.24) is 0 Å². The van der Waals surface area contributed by atoms with E-state index in [0.717, 1.165) is 22.9 Å². The number of carbonyl (C=O) groups excluding carboxylic acids is 1. The van der Waals surface area contributed by atoms with Crippen LogP contribution in [0.25, 0.3) is 0 Å². The highest BCUT2D eigenvalue weighted by atomic mass is 35.5. The molecule has 0 saturated carbocycles. The molecule has 1 amide bonds. The van der Waals surface area contributed by atoms with Crippen LogP contribution in [0.1, 0.15) is 21.5 Å². The topological polar surface area (TPSA) is 72.2 Å². The van der Waals surface area contributed by atoms with E-state index in [4.69, 9.17) is 11.6 Å². The van der Waals surface area contributed by atoms with Gasteiger partial charge in [-0.1, -0.05) is 47.6 Å². The van der Waals surface area contributed by atoms with E-state index in [2.05, 4.69) is 5.32 Å². The van der Waals surface area contributed by atoms with Gasteiger partial charge in [0.15, 0.2) is 0 Å². The van der Waals surface area contributed by atoms with Gasteiger partial charge in [-0.25, -0.2) is 0 Å². The molecule has 0 heterocycles. The maximum Gasteiger partial charge on any atom is 0.284 e. The van der Waals surface area contributed by atoms with Crippen molar-refractivity contribution in [2.75, 3.05) is 5.32 Å². The predicted molar refractivity (Wildman–Crippen MR) is 113 cm³/mol. The SMILES string of the molecule is Cc1cc(C)cc(NC(=O)c2ccccc2Sc2c(Cl)cccc2[N+](=O)[O-])c1. The van der Waals surface area contributed by atoms with E-state index in [0.29, 0.717) is 21.0 Å². The Labute approximate surface area is 171 Å². The standard InChI is InChI=1S/C21H17ClN2O3S/c1-13-10-14(2)12-15(11-13)23-21(25)16-6-3-4-9-19(16)28-20-17(22)7-5-8-18(20)24(26)27/h3-12H,1-2H3,(H,23,25). The zero-order chi connectivity index (χ0) is 20.3. The molecule has 0 fully saturated rings. The van der Waals surface area contributed by atoms with Gasteiger partial charge in [0, 0.05) is 16.6 Å². The van der Waals surface area contributed by atoms with Gasteiger partial charge in [-0.2, -0.15) is 0 Å². The van der Waals surface area contributed by atoms with Gasteiger partial charge in [-0.3, -0.25) is 14.9 Å². The molecule has 7 heteroatoms. The maximum atomic E-state index is 12.9. The molecule has 0 aliphatic carbocycles. The lowest BCUT2D eigenvalue weighted by Crippen LogP contribution is -2.13. The lowest BCUT2D eigenvalue weighted by molar-refractivity contribution is -0.387. The fourth-order valence-corrected chi connectivity index (χ4v) is 4.18. The molecular formula is C21H17ClN2O3S. The van der Waals surface area contributed by atoms with E-state index in [1.807, 2.05) is 32.0 Å². The van der Waals surface area contributed by atoms with Crippen LogP contribution < -0.4 is 5.32 Å². The quantitative estimate of drug-likeness (QED) is 0.396. The second-order valence-corrected chi connectivity index (χ2v) is 7.73. The Morgan fingerprint density at radius 2 is 1.71 bits per heavy atom. The predicted octanol–water partition coefficient (Wildman–Crippen LogP) is 6.27. The highest BCUT2D eigenvalue weighted by Gasteiger charge is 2.20. The molecule has 0 atom stereocenters. The summed E-state index contributed by atoms with van der Waals surface area (Å²) in [6.07, 6.45) is 0. The van der Waals surface area contributed by atoms with Crippen LogP contribution in [0.5, 0.6) is 0 Å². The average Bonchev–Trinajstić information content (AvgIpc) is 2.62. The number of halogens is 1. The van der Waals surface area contributed by atoms with E-state index in [9.17, 15) is 14.9 Å². The fourth-order valence-electron chi connectivity index (χ4n) is 2.84. The molecule has 0 aromatic heterocycles. The molecule has 142 valence electrons. The molecule has 0 aliphatic heterocycles. The summed E-state index contributed by atoms with van der Waals surface area (Å²) in [5, 5.41) is 14.5. The first-order valence-electron chi connectivity index (χ1n) is 8.44. The minimum absolute atomic E-state index is 0.0954. The summed E-state index contributed by atoms with van der Waals surface area (Å²) in [6.45, 7) is 3.92. The number of hydrogen-bond acceptors (Lipinski definition) is 4. The normalized spacial score (nSPS) is 10.5. The number of nitro benzene ring substituents is 1. The van der Waals surface area contributed by atoms with Crippen LogP contribution in [0.15, 0.2) is 70.5 Å². The number of carbonyl (C=O) groups is 1. The molecule has 5 nitrogen and oxygen atoms in total. The zero-order valence-corrected chi connectivity index (χ0v) is 16.8. The summed E-state index contributed by atoms with van der Waals surface area (Å²) in [7, 11) is 0. The molecule has 0 aliphatic rings. The van der Waals surface area contributed by atoms with Gasteiger partial charge in [0.25, 0.3) is 11.6 Å². The number of hydrogen-bond donors (Lipinski definition) is 1. The van der Waals surface area contributed by atoms with E-state index >= 15 is 0 Å². The molecular weight excluding hydrogens is 396 g/mol. The molecule has 28 heavy (non-hydrogen) atoms. The summed E-state index contributed by atoms with van der Waals surface area (Å²) in [5.41, 5.74) is 3.11. The Balaban J connectivity index is 1.94. The average molecular weight is 413 g/mol. The minimum Gasteiger partial charge on any atom is -0.322 e. The van der Waals surface area contributed by atoms with Crippen LogP contribution in [0.3, 0.4) is 0 Å². The van der Waals surface area contributed by atoms with Crippen molar-refractivity contribution in [1.29, 1.82) is 0 Å². The zero-order valence-electron chi connectivity index (χ0n) is 15.2. The Morgan fingerprint density at radius 3 is 2.39 bits per heavy atom. The number of rotatable bonds is 5. The van der Waals surface area contributed by atoms with E-state index in [1.165, 1.54) is 12.1 Å². The Morgan fingerprint density at radius 1 is 1.04 bits per heavy atom. The van der Waals surface area contributed by atoms with Crippen molar-refractivity contribution < 1.29 is 9.72 Å². The third-order valence-corrected chi connectivity index (χ3v) is 5.60. The second-order valence-electron chi connectivity index (χ2n) is 6.27. The highest BCUT2D eigenvalue weighted by molar-refractivity contribution is 7.99. The molecule has 0 radical (unpaired) electrons. The second kappa shape index (κ2) is 8.46. The summed E-state index contributed by atoms with van der Waals surface area (Å²) in [6, 6.07) is 17.3. The number of nitro groups is 1. The largest absolute Gasteiger partial charge is 0.322 e. The van der Waals surface area contributed by atoms with E-state index in [-0.39, 0.29) is 16.6 Å². The lowest BCUT2D eigenvalue weighted by Gasteiger charge is -2.12. The van der Waals surface area contributed by atoms with Crippen molar-refractivity contribution in [3.8, 4) is 0 Å². The summed E-state index contributed by atoms with van der Waals surface area (Å²) >= 11 is 7.30. The summed E-state index contributed by atoms with van der Waals surface area (Å²) in [5.74, 6) is -0.289. The molecule has 1 N–H and O–H groups in total. The van der Waals surface area contributed by atoms with Gasteiger partial charge in [0.2, 0.25) is 0 Å². The molecule has 3 aromatic carbocycles. The fraction of sp³-hybridized carbons (Fsp3) is 0.0952. The van der Waals surface area contributed by atoms with Crippen LogP contribution in [0.4, 0.5) is 11.4 Å². The first-order valence-corrected chi connectivity index (χ1v) is 9.64. The van der Waals surface area contributed by atoms with E-state index < -0.39 is 4.92 Å². The minimum atomic E-state index is -0.480. The Hall–Kier alpha value is -2.83. The molecule has 3 aromatic rings. The van der Waals surface area contributed by atoms with Crippen molar-refractivity contribution >= 4 is 40.6 Å². The van der Waals surface area contributed by atoms with Gasteiger partial charge in [0.1, 0.15) is 4.90 Å². The number of anilines is 1. The molecule has 0 bridgehead atoms. The number of benzene rings is 3. The smallest absolute Gasteiger partial charge is 0.284 e. The van der Waals surface area contributed by atoms with Gasteiger partial charge in [-0.05, 0) is 55.3 Å². The maximum absolute atomic E-state index is 12.9. The number of aryl methyl sites for hydroxylation is 2. The number of nitrogens with zero attached hydrogens (tertiary/aromatic N) is 1. The first kappa shape index (κ1) is 19.9. The van der Waals surface area contributed by atoms with Crippen LogP contribution in [-0.4, -0.2) is 10.8 Å². The monoisotopic (exact) mass is 412 g/mol. The Bertz CT molecular complexity index is 1050. The van der Waals surface area contributed by atoms with Crippen LogP contribution in [0, 0.1) is 24.0 Å². The third kappa shape index (κ3) is 4.52. The third-order valence-electron chi connectivity index (χ3n) is 3.97. The van der Waals surface area contributed by atoms with Crippen LogP contribution in [0.2, 0.25) is 5.02 Å². The van der Waals surface area contributed by atoms with Gasteiger partial charge >= 0.3 is 0 Å². The van der Waals surface area contributed by atoms with Crippen molar-refractivity contribution in [3.05, 3.63) is 92.5 Å². The molecule has 0 unspecified atom stereocenters. The van der Waals surface area contributed by atoms with Gasteiger partial charge < -0.3 is 5.32 Å². The lowest BCUT2D eigenvalue weighted by atomic mass is 10.1. The number of amides is 1. The van der Waals surface area contributed by atoms with Gasteiger partial charge in [-0.15, -0.1) is 0 Å². The van der Waals surface area contributed by atoms with Gasteiger partial charge in [0.05, 0.1) is 15.5 Å². The first-order chi connectivity index (χ1) is 13.3. The molecule has 0 saturated heterocycles. The number of nitrogens with one attached hydrogen (secondary N) is 1.